The van der Waals surface area contributed by atoms with E-state index in [1.807, 2.05) is 5.38 Å². The van der Waals surface area contributed by atoms with Crippen molar-refractivity contribution >= 4 is 11.3 Å². The second-order valence-corrected chi connectivity index (χ2v) is 4.27. The molecule has 0 bridgehead atoms. The minimum atomic E-state index is -1.47. The van der Waals surface area contributed by atoms with Gasteiger partial charge in [0.25, 0.3) is 0 Å². The molecule has 16 heavy (non-hydrogen) atoms. The van der Waals surface area contributed by atoms with Crippen LogP contribution in [0.5, 0.6) is 0 Å². The van der Waals surface area contributed by atoms with Gasteiger partial charge in [-0.2, -0.15) is 0 Å². The lowest BCUT2D eigenvalue weighted by molar-refractivity contribution is 0.444. The van der Waals surface area contributed by atoms with Crippen molar-refractivity contribution in [3.05, 3.63) is 57.5 Å². The number of rotatable bonds is 2. The molecule has 1 unspecified atom stereocenters. The molecule has 0 radical (unpaired) electrons. The number of halogens is 3. The first-order valence-electron chi connectivity index (χ1n) is 4.53. The Bertz CT molecular complexity index is 473. The third-order valence-electron chi connectivity index (χ3n) is 2.21. The Morgan fingerprint density at radius 3 is 2.25 bits per heavy atom. The summed E-state index contributed by atoms with van der Waals surface area (Å²) in [6.07, 6.45) is 0. The summed E-state index contributed by atoms with van der Waals surface area (Å²) in [5, 5.41) is 1.81. The molecule has 1 aromatic heterocycles. The number of benzene rings is 1. The molecule has 1 atom stereocenters. The van der Waals surface area contributed by atoms with Crippen molar-refractivity contribution in [3.8, 4) is 0 Å². The Morgan fingerprint density at radius 2 is 1.75 bits per heavy atom. The van der Waals surface area contributed by atoms with Crippen molar-refractivity contribution in [3.63, 3.8) is 0 Å². The van der Waals surface area contributed by atoms with Crippen LogP contribution in [0.3, 0.4) is 0 Å². The van der Waals surface area contributed by atoms with Crippen molar-refractivity contribution in [2.75, 3.05) is 0 Å². The van der Waals surface area contributed by atoms with Crippen molar-refractivity contribution in [2.24, 2.45) is 5.73 Å². The number of thiophene rings is 1. The number of nitrogens with two attached hydrogens (primary N) is 1. The molecule has 5 heteroatoms. The Morgan fingerprint density at radius 1 is 1.12 bits per heavy atom. The highest BCUT2D eigenvalue weighted by Crippen LogP contribution is 2.25. The predicted octanol–water partition coefficient (Wildman–Crippen LogP) is 3.21. The summed E-state index contributed by atoms with van der Waals surface area (Å²) in [5.41, 5.74) is 6.02. The third kappa shape index (κ3) is 1.96. The Balaban J connectivity index is 2.42. The fourth-order valence-electron chi connectivity index (χ4n) is 1.39. The number of hydrogen-bond acceptors (Lipinski definition) is 2. The van der Waals surface area contributed by atoms with E-state index >= 15 is 0 Å². The average molecular weight is 243 g/mol. The molecular weight excluding hydrogens is 235 g/mol. The van der Waals surface area contributed by atoms with Crippen LogP contribution in [0.1, 0.15) is 16.5 Å². The van der Waals surface area contributed by atoms with Gasteiger partial charge in [-0.3, -0.25) is 0 Å². The summed E-state index contributed by atoms with van der Waals surface area (Å²) in [6.45, 7) is 0. The highest BCUT2D eigenvalue weighted by Gasteiger charge is 2.16. The highest BCUT2D eigenvalue weighted by molar-refractivity contribution is 7.10. The van der Waals surface area contributed by atoms with Gasteiger partial charge in [0, 0.05) is 4.88 Å². The molecule has 1 heterocycles. The first-order valence-corrected chi connectivity index (χ1v) is 5.41. The summed E-state index contributed by atoms with van der Waals surface area (Å²) in [6, 6.07) is 4.75. The van der Waals surface area contributed by atoms with Gasteiger partial charge in [0.15, 0.2) is 17.5 Å². The lowest BCUT2D eigenvalue weighted by Crippen LogP contribution is -2.11. The zero-order valence-corrected chi connectivity index (χ0v) is 8.90. The van der Waals surface area contributed by atoms with E-state index in [0.717, 1.165) is 17.0 Å². The molecule has 1 aromatic carbocycles. The van der Waals surface area contributed by atoms with Crippen molar-refractivity contribution in [1.29, 1.82) is 0 Å². The van der Waals surface area contributed by atoms with Gasteiger partial charge in [0.2, 0.25) is 0 Å². The van der Waals surface area contributed by atoms with E-state index in [9.17, 15) is 13.2 Å². The normalized spacial score (nSPS) is 12.8. The van der Waals surface area contributed by atoms with Crippen LogP contribution in [0, 0.1) is 17.5 Å². The Kier molecular flexibility index (Phi) is 2.98. The maximum Gasteiger partial charge on any atom is 0.194 e. The second-order valence-electron chi connectivity index (χ2n) is 3.29. The van der Waals surface area contributed by atoms with E-state index in [0.29, 0.717) is 0 Å². The van der Waals surface area contributed by atoms with Gasteiger partial charge in [0.1, 0.15) is 0 Å². The molecule has 0 saturated carbocycles. The van der Waals surface area contributed by atoms with Crippen LogP contribution in [0.4, 0.5) is 13.2 Å². The standard InChI is InChI=1S/C11H8F3NS/c12-7-4-6(5-8(13)10(7)14)11(15)9-2-1-3-16-9/h1-5,11H,15H2. The summed E-state index contributed by atoms with van der Waals surface area (Å²) in [5.74, 6) is -3.91. The molecule has 2 aromatic rings. The summed E-state index contributed by atoms with van der Waals surface area (Å²) in [7, 11) is 0. The van der Waals surface area contributed by atoms with Gasteiger partial charge in [0.05, 0.1) is 6.04 Å². The SMILES string of the molecule is NC(c1cc(F)c(F)c(F)c1)c1cccs1. The summed E-state index contributed by atoms with van der Waals surface area (Å²) in [4.78, 5) is 0.769. The van der Waals surface area contributed by atoms with E-state index in [1.165, 1.54) is 11.3 Å². The first kappa shape index (κ1) is 11.2. The Labute approximate surface area is 94.3 Å². The summed E-state index contributed by atoms with van der Waals surface area (Å²) >= 11 is 1.38. The monoisotopic (exact) mass is 243 g/mol. The van der Waals surface area contributed by atoms with Crippen molar-refractivity contribution in [2.45, 2.75) is 6.04 Å². The smallest absolute Gasteiger partial charge is 0.194 e. The van der Waals surface area contributed by atoms with Crippen LogP contribution in [0.25, 0.3) is 0 Å². The largest absolute Gasteiger partial charge is 0.320 e. The highest BCUT2D eigenvalue weighted by atomic mass is 32.1. The van der Waals surface area contributed by atoms with Crippen molar-refractivity contribution < 1.29 is 13.2 Å². The minimum Gasteiger partial charge on any atom is -0.320 e. The quantitative estimate of drug-likeness (QED) is 0.805. The lowest BCUT2D eigenvalue weighted by Gasteiger charge is -2.10. The van der Waals surface area contributed by atoms with Crippen LogP contribution in [0.15, 0.2) is 29.6 Å². The fraction of sp³-hybridized carbons (Fsp3) is 0.0909. The molecular formula is C11H8F3NS. The molecule has 0 spiro atoms. The molecule has 0 amide bonds. The molecule has 0 saturated heterocycles. The van der Waals surface area contributed by atoms with E-state index in [1.54, 1.807) is 12.1 Å². The van der Waals surface area contributed by atoms with E-state index in [4.69, 9.17) is 5.73 Å². The van der Waals surface area contributed by atoms with Crippen LogP contribution in [0.2, 0.25) is 0 Å². The summed E-state index contributed by atoms with van der Waals surface area (Å²) < 4.78 is 38.7. The van der Waals surface area contributed by atoms with Crippen LogP contribution >= 0.6 is 11.3 Å². The van der Waals surface area contributed by atoms with Gasteiger partial charge in [-0.05, 0) is 29.1 Å². The first-order chi connectivity index (χ1) is 7.59. The number of hydrogen-bond donors (Lipinski definition) is 1. The molecule has 0 aliphatic rings. The van der Waals surface area contributed by atoms with Crippen molar-refractivity contribution in [1.82, 2.24) is 0 Å². The zero-order chi connectivity index (χ0) is 11.7. The molecule has 0 aliphatic carbocycles. The zero-order valence-electron chi connectivity index (χ0n) is 8.08. The molecule has 0 aliphatic heterocycles. The molecule has 0 fully saturated rings. The molecule has 84 valence electrons. The third-order valence-corrected chi connectivity index (χ3v) is 3.17. The van der Waals surface area contributed by atoms with Gasteiger partial charge in [-0.25, -0.2) is 13.2 Å². The van der Waals surface area contributed by atoms with Gasteiger partial charge < -0.3 is 5.73 Å². The molecule has 2 N–H and O–H groups in total. The lowest BCUT2D eigenvalue weighted by atomic mass is 10.1. The topological polar surface area (TPSA) is 26.0 Å². The maximum absolute atomic E-state index is 13.0. The maximum atomic E-state index is 13.0. The van der Waals surface area contributed by atoms with Crippen LogP contribution in [-0.2, 0) is 0 Å². The Hall–Kier alpha value is -1.33. The van der Waals surface area contributed by atoms with Crippen LogP contribution < -0.4 is 5.73 Å². The van der Waals surface area contributed by atoms with Gasteiger partial charge in [-0.1, -0.05) is 6.07 Å². The molecule has 1 nitrogen and oxygen atoms in total. The average Bonchev–Trinajstić information content (AvgIpc) is 2.77. The van der Waals surface area contributed by atoms with Crippen LogP contribution in [-0.4, -0.2) is 0 Å². The van der Waals surface area contributed by atoms with E-state index < -0.39 is 23.5 Å². The van der Waals surface area contributed by atoms with E-state index in [-0.39, 0.29) is 5.56 Å². The molecule has 2 rings (SSSR count). The fourth-order valence-corrected chi connectivity index (χ4v) is 2.14. The predicted molar refractivity (Wildman–Crippen MR) is 56.7 cm³/mol. The van der Waals surface area contributed by atoms with Gasteiger partial charge >= 0.3 is 0 Å². The van der Waals surface area contributed by atoms with Gasteiger partial charge in [-0.15, -0.1) is 11.3 Å². The van der Waals surface area contributed by atoms with E-state index in [2.05, 4.69) is 0 Å². The minimum absolute atomic E-state index is 0.221. The second kappa shape index (κ2) is 4.27.